The molecule has 0 aliphatic heterocycles. The van der Waals surface area contributed by atoms with Gasteiger partial charge in [0.2, 0.25) is 0 Å². The molecule has 0 bridgehead atoms. The van der Waals surface area contributed by atoms with E-state index >= 15 is 0 Å². The summed E-state index contributed by atoms with van der Waals surface area (Å²) in [4.78, 5) is 0. The second-order valence-corrected chi connectivity index (χ2v) is 4.39. The predicted molar refractivity (Wildman–Crippen MR) is 59.4 cm³/mol. The van der Waals surface area contributed by atoms with Gasteiger partial charge in [0.15, 0.2) is 0 Å². The van der Waals surface area contributed by atoms with Crippen LogP contribution < -0.4 is 0 Å². The smallest absolute Gasteiger partial charge is 0.0912 e. The number of ether oxygens (including phenoxy) is 1. The Kier molecular flexibility index (Phi) is 3.08. The van der Waals surface area contributed by atoms with Crippen LogP contribution in [0.15, 0.2) is 30.3 Å². The Hall–Kier alpha value is -0.860. The first-order valence-electron chi connectivity index (χ1n) is 5.58. The van der Waals surface area contributed by atoms with Gasteiger partial charge < -0.3 is 9.84 Å². The van der Waals surface area contributed by atoms with Crippen LogP contribution in [-0.2, 0) is 11.3 Å². The van der Waals surface area contributed by atoms with Crippen molar-refractivity contribution in [1.29, 1.82) is 0 Å². The largest absolute Gasteiger partial charge is 0.387 e. The third-order valence-electron chi connectivity index (χ3n) is 3.16. The van der Waals surface area contributed by atoms with E-state index in [4.69, 9.17) is 4.74 Å². The molecule has 1 N–H and O–H groups in total. The van der Waals surface area contributed by atoms with E-state index in [1.54, 1.807) is 0 Å². The van der Waals surface area contributed by atoms with Crippen LogP contribution in [0.5, 0.6) is 0 Å². The minimum absolute atomic E-state index is 0.452. The first-order valence-corrected chi connectivity index (χ1v) is 5.58. The highest BCUT2D eigenvalue weighted by Gasteiger charge is 2.51. The average Bonchev–Trinajstić information content (AvgIpc) is 2.91. The summed E-state index contributed by atoms with van der Waals surface area (Å²) in [5, 5.41) is 9.94. The van der Waals surface area contributed by atoms with Crippen molar-refractivity contribution in [2.45, 2.75) is 32.0 Å². The highest BCUT2D eigenvalue weighted by molar-refractivity contribution is 5.13. The van der Waals surface area contributed by atoms with E-state index in [1.165, 1.54) is 0 Å². The summed E-state index contributed by atoms with van der Waals surface area (Å²) >= 11 is 0. The van der Waals surface area contributed by atoms with Crippen LogP contribution >= 0.6 is 0 Å². The van der Waals surface area contributed by atoms with Gasteiger partial charge in [0.25, 0.3) is 0 Å². The molecule has 0 saturated heterocycles. The van der Waals surface area contributed by atoms with Gasteiger partial charge in [0.05, 0.1) is 18.8 Å². The third-order valence-corrected chi connectivity index (χ3v) is 3.16. The van der Waals surface area contributed by atoms with E-state index in [0.717, 1.165) is 18.4 Å². The molecule has 1 saturated carbocycles. The molecule has 0 heterocycles. The van der Waals surface area contributed by atoms with Crippen molar-refractivity contribution < 1.29 is 9.84 Å². The van der Waals surface area contributed by atoms with Crippen molar-refractivity contribution in [2.75, 3.05) is 6.61 Å². The Balaban J connectivity index is 1.72. The Labute approximate surface area is 90.9 Å². The molecular weight excluding hydrogens is 188 g/mol. The van der Waals surface area contributed by atoms with Crippen LogP contribution in [0.25, 0.3) is 0 Å². The van der Waals surface area contributed by atoms with Gasteiger partial charge in [-0.05, 0) is 17.9 Å². The van der Waals surface area contributed by atoms with Gasteiger partial charge in [-0.3, -0.25) is 0 Å². The Bertz CT molecular complexity index is 310. The molecule has 1 aromatic carbocycles. The normalized spacial score (nSPS) is 29.1. The second kappa shape index (κ2) is 4.33. The summed E-state index contributed by atoms with van der Waals surface area (Å²) in [5.41, 5.74) is 0.638. The highest BCUT2D eigenvalue weighted by atomic mass is 16.5. The van der Waals surface area contributed by atoms with Gasteiger partial charge in [-0.25, -0.2) is 0 Å². The summed E-state index contributed by atoms with van der Waals surface area (Å²) in [6.45, 7) is 3.18. The molecular formula is C13H18O2. The molecule has 2 nitrogen and oxygen atoms in total. The number of rotatable bonds is 5. The molecule has 2 heteroatoms. The molecule has 0 unspecified atom stereocenters. The minimum atomic E-state index is -0.524. The van der Waals surface area contributed by atoms with E-state index in [0.29, 0.717) is 19.1 Å². The van der Waals surface area contributed by atoms with Crippen molar-refractivity contribution in [2.24, 2.45) is 5.92 Å². The number of hydrogen-bond donors (Lipinski definition) is 1. The van der Waals surface area contributed by atoms with Crippen LogP contribution in [0.2, 0.25) is 0 Å². The van der Waals surface area contributed by atoms with Crippen LogP contribution in [0.1, 0.15) is 25.3 Å². The summed E-state index contributed by atoms with van der Waals surface area (Å²) < 4.78 is 5.53. The Morgan fingerprint density at radius 1 is 1.40 bits per heavy atom. The number of hydrogen-bond acceptors (Lipinski definition) is 2. The molecule has 1 fully saturated rings. The fourth-order valence-electron chi connectivity index (χ4n) is 1.99. The van der Waals surface area contributed by atoms with Crippen LogP contribution in [0.4, 0.5) is 0 Å². The lowest BCUT2D eigenvalue weighted by atomic mass is 10.2. The van der Waals surface area contributed by atoms with E-state index in [2.05, 4.69) is 6.92 Å². The van der Waals surface area contributed by atoms with Crippen molar-refractivity contribution in [3.05, 3.63) is 35.9 Å². The molecule has 1 aliphatic rings. The van der Waals surface area contributed by atoms with Gasteiger partial charge in [-0.1, -0.05) is 43.7 Å². The van der Waals surface area contributed by atoms with E-state index < -0.39 is 5.60 Å². The van der Waals surface area contributed by atoms with E-state index in [9.17, 15) is 5.11 Å². The minimum Gasteiger partial charge on any atom is -0.387 e. The fraction of sp³-hybridized carbons (Fsp3) is 0.538. The lowest BCUT2D eigenvalue weighted by Gasteiger charge is -2.10. The van der Waals surface area contributed by atoms with Crippen LogP contribution in [0, 0.1) is 5.92 Å². The Morgan fingerprint density at radius 2 is 2.13 bits per heavy atom. The maximum absolute atomic E-state index is 9.94. The lowest BCUT2D eigenvalue weighted by molar-refractivity contribution is 0.00323. The average molecular weight is 206 g/mol. The molecule has 1 aromatic rings. The summed E-state index contributed by atoms with van der Waals surface area (Å²) in [6.07, 6.45) is 1.95. The van der Waals surface area contributed by atoms with Crippen molar-refractivity contribution in [3.8, 4) is 0 Å². The summed E-state index contributed by atoms with van der Waals surface area (Å²) in [5.74, 6) is 0.452. The quantitative estimate of drug-likeness (QED) is 0.801. The summed E-state index contributed by atoms with van der Waals surface area (Å²) in [6, 6.07) is 10.1. The first kappa shape index (κ1) is 10.7. The molecule has 15 heavy (non-hydrogen) atoms. The second-order valence-electron chi connectivity index (χ2n) is 4.39. The fourth-order valence-corrected chi connectivity index (χ4v) is 1.99. The highest BCUT2D eigenvalue weighted by Crippen LogP contribution is 2.45. The topological polar surface area (TPSA) is 29.5 Å². The van der Waals surface area contributed by atoms with E-state index in [-0.39, 0.29) is 0 Å². The monoisotopic (exact) mass is 206 g/mol. The molecule has 2 atom stereocenters. The zero-order valence-corrected chi connectivity index (χ0v) is 9.15. The van der Waals surface area contributed by atoms with E-state index in [1.807, 2.05) is 30.3 Å². The SMILES string of the molecule is CC[C@H]1C[C@@]1(O)COCc1ccccc1. The zero-order chi connectivity index (χ0) is 10.7. The predicted octanol–water partition coefficient (Wildman–Crippen LogP) is 2.36. The molecule has 2 rings (SSSR count). The first-order chi connectivity index (χ1) is 7.24. The van der Waals surface area contributed by atoms with Gasteiger partial charge in [0, 0.05) is 0 Å². The van der Waals surface area contributed by atoms with Gasteiger partial charge in [0.1, 0.15) is 0 Å². The number of benzene rings is 1. The van der Waals surface area contributed by atoms with Crippen molar-refractivity contribution in [3.63, 3.8) is 0 Å². The standard InChI is InChI=1S/C13H18O2/c1-2-12-8-13(12,14)10-15-9-11-6-4-3-5-7-11/h3-7,12,14H,2,8-10H2,1H3/t12-,13+/m0/s1. The zero-order valence-electron chi connectivity index (χ0n) is 9.15. The molecule has 0 spiro atoms. The third kappa shape index (κ3) is 2.58. The summed E-state index contributed by atoms with van der Waals surface area (Å²) in [7, 11) is 0. The maximum Gasteiger partial charge on any atom is 0.0912 e. The lowest BCUT2D eigenvalue weighted by Crippen LogP contribution is -2.19. The molecule has 1 aliphatic carbocycles. The molecule has 0 amide bonds. The molecule has 0 radical (unpaired) electrons. The molecule has 82 valence electrons. The molecule has 0 aromatic heterocycles. The van der Waals surface area contributed by atoms with Gasteiger partial charge in [-0.15, -0.1) is 0 Å². The van der Waals surface area contributed by atoms with Crippen molar-refractivity contribution >= 4 is 0 Å². The van der Waals surface area contributed by atoms with Crippen molar-refractivity contribution in [1.82, 2.24) is 0 Å². The van der Waals surface area contributed by atoms with Gasteiger partial charge in [-0.2, -0.15) is 0 Å². The van der Waals surface area contributed by atoms with Gasteiger partial charge >= 0.3 is 0 Å². The number of aliphatic hydroxyl groups is 1. The van der Waals surface area contributed by atoms with Crippen LogP contribution in [0.3, 0.4) is 0 Å². The Morgan fingerprint density at radius 3 is 2.73 bits per heavy atom. The van der Waals surface area contributed by atoms with Crippen LogP contribution in [-0.4, -0.2) is 17.3 Å². The maximum atomic E-state index is 9.94.